The number of benzene rings is 4. The minimum Gasteiger partial charge on any atom is -0.410 e. The van der Waals surface area contributed by atoms with Crippen molar-refractivity contribution in [3.8, 4) is 5.75 Å². The monoisotopic (exact) mass is 422 g/mol. The van der Waals surface area contributed by atoms with E-state index >= 15 is 0 Å². The first-order valence-corrected chi connectivity index (χ1v) is 11.1. The maximum Gasteiger partial charge on any atom is 0.413 e. The highest BCUT2D eigenvalue weighted by atomic mass is 16.6. The molecule has 160 valence electrons. The molecule has 1 N–H and O–H groups in total. The molecular formula is C28H26N2O2. The number of ether oxygens (including phenoxy) is 1. The van der Waals surface area contributed by atoms with Crippen LogP contribution in [0.2, 0.25) is 0 Å². The summed E-state index contributed by atoms with van der Waals surface area (Å²) in [7, 11) is 0. The minimum atomic E-state index is -0.440. The van der Waals surface area contributed by atoms with Gasteiger partial charge in [0.1, 0.15) is 5.75 Å². The molecule has 0 radical (unpaired) electrons. The molecule has 0 aliphatic carbocycles. The van der Waals surface area contributed by atoms with Crippen LogP contribution in [0.15, 0.2) is 91.0 Å². The molecule has 1 atom stereocenters. The second kappa shape index (κ2) is 8.75. The molecule has 1 amide bonds. The average Bonchev–Trinajstić information content (AvgIpc) is 3.21. The smallest absolute Gasteiger partial charge is 0.410 e. The fourth-order valence-electron chi connectivity index (χ4n) is 4.50. The topological polar surface area (TPSA) is 41.6 Å². The maximum absolute atomic E-state index is 12.6. The molecule has 0 fully saturated rings. The summed E-state index contributed by atoms with van der Waals surface area (Å²) < 4.78 is 5.63. The van der Waals surface area contributed by atoms with E-state index in [0.29, 0.717) is 5.75 Å². The first-order valence-electron chi connectivity index (χ1n) is 11.1. The molecule has 0 saturated heterocycles. The van der Waals surface area contributed by atoms with Crippen molar-refractivity contribution in [2.24, 2.45) is 0 Å². The van der Waals surface area contributed by atoms with Crippen LogP contribution in [-0.4, -0.2) is 12.6 Å². The molecule has 1 heterocycles. The average molecular weight is 423 g/mol. The van der Waals surface area contributed by atoms with E-state index in [9.17, 15) is 4.79 Å². The molecule has 32 heavy (non-hydrogen) atoms. The van der Waals surface area contributed by atoms with Gasteiger partial charge in [0.25, 0.3) is 0 Å². The summed E-state index contributed by atoms with van der Waals surface area (Å²) in [5.41, 5.74) is 4.80. The van der Waals surface area contributed by atoms with Crippen LogP contribution >= 0.6 is 0 Å². The SMILES string of the molecule is CC(NC(=O)Oc1ccc2c(c1)CCN2Cc1ccccc1)c1cccc2ccccc12. The zero-order valence-electron chi connectivity index (χ0n) is 18.1. The summed E-state index contributed by atoms with van der Waals surface area (Å²) in [5.74, 6) is 0.577. The van der Waals surface area contributed by atoms with E-state index in [-0.39, 0.29) is 6.04 Å². The predicted molar refractivity (Wildman–Crippen MR) is 129 cm³/mol. The summed E-state index contributed by atoms with van der Waals surface area (Å²) in [5, 5.41) is 5.27. The quantitative estimate of drug-likeness (QED) is 0.413. The van der Waals surface area contributed by atoms with Gasteiger partial charge in [-0.15, -0.1) is 0 Å². The molecule has 0 aromatic heterocycles. The van der Waals surface area contributed by atoms with Gasteiger partial charge in [0.15, 0.2) is 0 Å². The fraction of sp³-hybridized carbons (Fsp3) is 0.179. The lowest BCUT2D eigenvalue weighted by atomic mass is 10.00. The van der Waals surface area contributed by atoms with Crippen molar-refractivity contribution in [3.05, 3.63) is 108 Å². The van der Waals surface area contributed by atoms with Gasteiger partial charge in [0, 0.05) is 18.8 Å². The van der Waals surface area contributed by atoms with Crippen molar-refractivity contribution in [1.82, 2.24) is 5.32 Å². The summed E-state index contributed by atoms with van der Waals surface area (Å²) in [4.78, 5) is 15.0. The van der Waals surface area contributed by atoms with Crippen molar-refractivity contribution in [2.75, 3.05) is 11.4 Å². The minimum absolute atomic E-state index is 0.163. The lowest BCUT2D eigenvalue weighted by molar-refractivity contribution is 0.197. The Hall–Kier alpha value is -3.79. The number of nitrogens with one attached hydrogen (secondary N) is 1. The molecule has 4 aromatic carbocycles. The number of nitrogens with zero attached hydrogens (tertiary/aromatic N) is 1. The number of carbonyl (C=O) groups excluding carboxylic acids is 1. The van der Waals surface area contributed by atoms with Gasteiger partial charge in [-0.2, -0.15) is 0 Å². The second-order valence-electron chi connectivity index (χ2n) is 8.27. The predicted octanol–water partition coefficient (Wildman–Crippen LogP) is 6.25. The van der Waals surface area contributed by atoms with E-state index in [0.717, 1.165) is 35.8 Å². The number of anilines is 1. The molecule has 4 nitrogen and oxygen atoms in total. The van der Waals surface area contributed by atoms with Crippen LogP contribution in [0.1, 0.15) is 29.7 Å². The highest BCUT2D eigenvalue weighted by Crippen LogP contribution is 2.32. The van der Waals surface area contributed by atoms with Crippen molar-refractivity contribution in [1.29, 1.82) is 0 Å². The maximum atomic E-state index is 12.6. The molecule has 1 aliphatic rings. The number of hydrogen-bond donors (Lipinski definition) is 1. The van der Waals surface area contributed by atoms with Gasteiger partial charge < -0.3 is 15.0 Å². The van der Waals surface area contributed by atoms with E-state index in [1.165, 1.54) is 16.8 Å². The third kappa shape index (κ3) is 4.17. The zero-order valence-corrected chi connectivity index (χ0v) is 18.1. The first kappa shape index (κ1) is 20.1. The van der Waals surface area contributed by atoms with Crippen LogP contribution in [-0.2, 0) is 13.0 Å². The largest absolute Gasteiger partial charge is 0.413 e. The second-order valence-corrected chi connectivity index (χ2v) is 8.27. The Kier molecular flexibility index (Phi) is 5.51. The number of amides is 1. The third-order valence-corrected chi connectivity index (χ3v) is 6.09. The molecule has 1 aliphatic heterocycles. The van der Waals surface area contributed by atoms with E-state index in [1.807, 2.05) is 49.4 Å². The standard InChI is InChI=1S/C28H26N2O2/c1-20(25-13-7-11-22-10-5-6-12-26(22)25)29-28(31)32-24-14-15-27-23(18-24)16-17-30(27)19-21-8-3-2-4-9-21/h2-15,18,20H,16-17,19H2,1H3,(H,29,31). The highest BCUT2D eigenvalue weighted by molar-refractivity contribution is 5.86. The molecule has 5 rings (SSSR count). The normalized spacial score (nSPS) is 13.6. The van der Waals surface area contributed by atoms with Crippen LogP contribution in [0.3, 0.4) is 0 Å². The first-order chi connectivity index (χ1) is 15.7. The molecule has 0 spiro atoms. The summed E-state index contributed by atoms with van der Waals surface area (Å²) >= 11 is 0. The van der Waals surface area contributed by atoms with Crippen molar-refractivity contribution >= 4 is 22.6 Å². The zero-order chi connectivity index (χ0) is 21.9. The van der Waals surface area contributed by atoms with Crippen LogP contribution < -0.4 is 15.0 Å². The molecule has 0 bridgehead atoms. The molecule has 4 heteroatoms. The molecule has 4 aromatic rings. The van der Waals surface area contributed by atoms with Gasteiger partial charge in [0.2, 0.25) is 0 Å². The fourth-order valence-corrected chi connectivity index (χ4v) is 4.50. The number of rotatable bonds is 5. The van der Waals surface area contributed by atoms with Crippen LogP contribution in [0.5, 0.6) is 5.75 Å². The van der Waals surface area contributed by atoms with Gasteiger partial charge >= 0.3 is 6.09 Å². The number of hydrogen-bond acceptors (Lipinski definition) is 3. The van der Waals surface area contributed by atoms with Crippen molar-refractivity contribution in [3.63, 3.8) is 0 Å². The molecule has 1 unspecified atom stereocenters. The van der Waals surface area contributed by atoms with E-state index < -0.39 is 6.09 Å². The van der Waals surface area contributed by atoms with E-state index in [4.69, 9.17) is 4.74 Å². The third-order valence-electron chi connectivity index (χ3n) is 6.09. The van der Waals surface area contributed by atoms with Crippen molar-refractivity contribution in [2.45, 2.75) is 25.9 Å². The Balaban J connectivity index is 1.25. The summed E-state index contributed by atoms with van der Waals surface area (Å²) in [6.45, 7) is 3.84. The Morgan fingerprint density at radius 2 is 1.75 bits per heavy atom. The van der Waals surface area contributed by atoms with Crippen LogP contribution in [0.4, 0.5) is 10.5 Å². The van der Waals surface area contributed by atoms with E-state index in [2.05, 4.69) is 58.7 Å². The number of fused-ring (bicyclic) bond motifs is 2. The Labute approximate surface area is 188 Å². The molecular weight excluding hydrogens is 396 g/mol. The van der Waals surface area contributed by atoms with E-state index in [1.54, 1.807) is 0 Å². The van der Waals surface area contributed by atoms with Crippen molar-refractivity contribution < 1.29 is 9.53 Å². The van der Waals surface area contributed by atoms with Crippen LogP contribution in [0, 0.1) is 0 Å². The lowest BCUT2D eigenvalue weighted by Crippen LogP contribution is -2.29. The van der Waals surface area contributed by atoms with Gasteiger partial charge in [-0.3, -0.25) is 0 Å². The lowest BCUT2D eigenvalue weighted by Gasteiger charge is -2.20. The Morgan fingerprint density at radius 1 is 0.969 bits per heavy atom. The number of carbonyl (C=O) groups is 1. The highest BCUT2D eigenvalue weighted by Gasteiger charge is 2.21. The summed E-state index contributed by atoms with van der Waals surface area (Å²) in [6, 6.07) is 30.6. The Bertz CT molecular complexity index is 1250. The molecule has 0 saturated carbocycles. The van der Waals surface area contributed by atoms with Gasteiger partial charge in [0.05, 0.1) is 6.04 Å². The van der Waals surface area contributed by atoms with Gasteiger partial charge in [-0.25, -0.2) is 4.79 Å². The van der Waals surface area contributed by atoms with Crippen LogP contribution in [0.25, 0.3) is 10.8 Å². The van der Waals surface area contributed by atoms with Gasteiger partial charge in [-0.1, -0.05) is 72.8 Å². The van der Waals surface area contributed by atoms with Gasteiger partial charge in [-0.05, 0) is 59.0 Å². The Morgan fingerprint density at radius 3 is 2.62 bits per heavy atom. The summed E-state index contributed by atoms with van der Waals surface area (Å²) in [6.07, 6.45) is 0.512.